The first-order valence-corrected chi connectivity index (χ1v) is 8.77. The Hall–Kier alpha value is -0.900. The fourth-order valence-corrected chi connectivity index (χ4v) is 3.62. The standard InChI is InChI=1S/C17H30N4/c1-14(2)11-21-16(19-13-20-21)10-17(8-4-3-5-9-17)12-18-15-6-7-15/h13-15,18H,3-12H2,1-2H3. The number of rotatable bonds is 7. The number of hydrogen-bond donors (Lipinski definition) is 1. The lowest BCUT2D eigenvalue weighted by atomic mass is 9.71. The fourth-order valence-electron chi connectivity index (χ4n) is 3.62. The first kappa shape index (κ1) is 15.0. The molecule has 1 aromatic rings. The van der Waals surface area contributed by atoms with Crippen molar-refractivity contribution in [3.8, 4) is 0 Å². The smallest absolute Gasteiger partial charge is 0.138 e. The normalized spacial score (nSPS) is 21.9. The molecule has 21 heavy (non-hydrogen) atoms. The second-order valence-corrected chi connectivity index (χ2v) is 7.64. The first-order valence-electron chi connectivity index (χ1n) is 8.77. The molecule has 0 amide bonds. The Labute approximate surface area is 128 Å². The molecule has 1 aromatic heterocycles. The summed E-state index contributed by atoms with van der Waals surface area (Å²) in [6, 6.07) is 0.803. The van der Waals surface area contributed by atoms with Crippen LogP contribution in [0.5, 0.6) is 0 Å². The van der Waals surface area contributed by atoms with Crippen LogP contribution >= 0.6 is 0 Å². The number of aromatic nitrogens is 3. The van der Waals surface area contributed by atoms with Crippen LogP contribution < -0.4 is 5.32 Å². The van der Waals surface area contributed by atoms with Gasteiger partial charge < -0.3 is 5.32 Å². The molecular formula is C17H30N4. The van der Waals surface area contributed by atoms with Crippen molar-refractivity contribution >= 4 is 0 Å². The highest BCUT2D eigenvalue weighted by Gasteiger charge is 2.35. The van der Waals surface area contributed by atoms with E-state index in [0.29, 0.717) is 11.3 Å². The molecule has 0 radical (unpaired) electrons. The van der Waals surface area contributed by atoms with E-state index in [4.69, 9.17) is 0 Å². The minimum absolute atomic E-state index is 0.419. The summed E-state index contributed by atoms with van der Waals surface area (Å²) in [7, 11) is 0. The van der Waals surface area contributed by atoms with Gasteiger partial charge in [-0.1, -0.05) is 33.1 Å². The average molecular weight is 290 g/mol. The molecule has 118 valence electrons. The number of nitrogens with one attached hydrogen (secondary N) is 1. The van der Waals surface area contributed by atoms with E-state index < -0.39 is 0 Å². The molecule has 2 saturated carbocycles. The van der Waals surface area contributed by atoms with Gasteiger partial charge in [0.15, 0.2) is 0 Å². The maximum absolute atomic E-state index is 4.58. The zero-order valence-corrected chi connectivity index (χ0v) is 13.6. The van der Waals surface area contributed by atoms with Gasteiger partial charge >= 0.3 is 0 Å². The molecule has 1 N–H and O–H groups in total. The molecule has 0 unspecified atom stereocenters. The van der Waals surface area contributed by atoms with Gasteiger partial charge in [-0.05, 0) is 37.0 Å². The lowest BCUT2D eigenvalue weighted by molar-refractivity contribution is 0.173. The predicted octanol–water partition coefficient (Wildman–Crippen LogP) is 3.18. The van der Waals surface area contributed by atoms with Crippen LogP contribution in [0.15, 0.2) is 6.33 Å². The van der Waals surface area contributed by atoms with E-state index in [1.165, 1.54) is 57.3 Å². The maximum atomic E-state index is 4.58. The van der Waals surface area contributed by atoms with Crippen molar-refractivity contribution in [3.63, 3.8) is 0 Å². The molecule has 2 aliphatic carbocycles. The van der Waals surface area contributed by atoms with Crippen LogP contribution in [0.3, 0.4) is 0 Å². The lowest BCUT2D eigenvalue weighted by Gasteiger charge is -2.37. The van der Waals surface area contributed by atoms with Crippen molar-refractivity contribution in [1.82, 2.24) is 20.1 Å². The zero-order chi connectivity index (χ0) is 14.7. The molecule has 0 aliphatic heterocycles. The van der Waals surface area contributed by atoms with Crippen LogP contribution in [0.4, 0.5) is 0 Å². The van der Waals surface area contributed by atoms with Crippen molar-refractivity contribution in [1.29, 1.82) is 0 Å². The van der Waals surface area contributed by atoms with Crippen molar-refractivity contribution in [2.75, 3.05) is 6.54 Å². The molecule has 4 heteroatoms. The molecule has 0 saturated heterocycles. The highest BCUT2D eigenvalue weighted by atomic mass is 15.3. The second kappa shape index (κ2) is 6.47. The van der Waals surface area contributed by atoms with Gasteiger partial charge in [0.1, 0.15) is 12.2 Å². The van der Waals surface area contributed by atoms with Gasteiger partial charge in [0.25, 0.3) is 0 Å². The number of hydrogen-bond acceptors (Lipinski definition) is 3. The van der Waals surface area contributed by atoms with Gasteiger partial charge in [-0.25, -0.2) is 9.67 Å². The third-order valence-electron chi connectivity index (χ3n) is 5.02. The van der Waals surface area contributed by atoms with Gasteiger partial charge in [0.2, 0.25) is 0 Å². The van der Waals surface area contributed by atoms with Gasteiger partial charge in [-0.3, -0.25) is 0 Å². The molecule has 0 aromatic carbocycles. The Morgan fingerprint density at radius 3 is 2.71 bits per heavy atom. The third kappa shape index (κ3) is 4.06. The average Bonchev–Trinajstić information content (AvgIpc) is 3.21. The Morgan fingerprint density at radius 1 is 1.29 bits per heavy atom. The topological polar surface area (TPSA) is 42.7 Å². The van der Waals surface area contributed by atoms with Crippen LogP contribution in [0.1, 0.15) is 64.6 Å². The van der Waals surface area contributed by atoms with Crippen LogP contribution in [-0.4, -0.2) is 27.4 Å². The van der Waals surface area contributed by atoms with Gasteiger partial charge in [-0.2, -0.15) is 5.10 Å². The van der Waals surface area contributed by atoms with Crippen LogP contribution in [-0.2, 0) is 13.0 Å². The number of nitrogens with zero attached hydrogens (tertiary/aromatic N) is 3. The van der Waals surface area contributed by atoms with Gasteiger partial charge in [-0.15, -0.1) is 0 Å². The summed E-state index contributed by atoms with van der Waals surface area (Å²) in [5.74, 6) is 1.82. The molecule has 0 spiro atoms. The fraction of sp³-hybridized carbons (Fsp3) is 0.882. The quantitative estimate of drug-likeness (QED) is 0.838. The van der Waals surface area contributed by atoms with E-state index in [0.717, 1.165) is 19.0 Å². The molecule has 1 heterocycles. The highest BCUT2D eigenvalue weighted by Crippen LogP contribution is 2.39. The van der Waals surface area contributed by atoms with E-state index in [2.05, 4.69) is 33.9 Å². The molecule has 0 atom stereocenters. The Balaban J connectivity index is 1.69. The predicted molar refractivity (Wildman–Crippen MR) is 85.1 cm³/mol. The van der Waals surface area contributed by atoms with Gasteiger partial charge in [0, 0.05) is 25.6 Å². The maximum Gasteiger partial charge on any atom is 0.138 e. The van der Waals surface area contributed by atoms with E-state index >= 15 is 0 Å². The summed E-state index contributed by atoms with van der Waals surface area (Å²) >= 11 is 0. The summed E-state index contributed by atoms with van der Waals surface area (Å²) < 4.78 is 2.14. The van der Waals surface area contributed by atoms with Crippen molar-refractivity contribution in [2.45, 2.75) is 77.8 Å². The zero-order valence-electron chi connectivity index (χ0n) is 13.6. The van der Waals surface area contributed by atoms with Crippen LogP contribution in [0.25, 0.3) is 0 Å². The third-order valence-corrected chi connectivity index (χ3v) is 5.02. The highest BCUT2D eigenvalue weighted by molar-refractivity contribution is 4.98. The summed E-state index contributed by atoms with van der Waals surface area (Å²) in [5, 5.41) is 8.23. The van der Waals surface area contributed by atoms with Crippen LogP contribution in [0.2, 0.25) is 0 Å². The first-order chi connectivity index (χ1) is 10.2. The molecule has 3 rings (SSSR count). The van der Waals surface area contributed by atoms with Crippen molar-refractivity contribution in [2.24, 2.45) is 11.3 Å². The second-order valence-electron chi connectivity index (χ2n) is 7.64. The Morgan fingerprint density at radius 2 is 2.05 bits per heavy atom. The Kier molecular flexibility index (Phi) is 4.63. The molecule has 0 bridgehead atoms. The summed E-state index contributed by atoms with van der Waals surface area (Å²) in [6.07, 6.45) is 12.4. The van der Waals surface area contributed by atoms with E-state index in [1.54, 1.807) is 6.33 Å². The summed E-state index contributed by atoms with van der Waals surface area (Å²) in [4.78, 5) is 4.58. The van der Waals surface area contributed by atoms with E-state index in [1.807, 2.05) is 0 Å². The molecule has 2 fully saturated rings. The van der Waals surface area contributed by atoms with Gasteiger partial charge in [0.05, 0.1) is 0 Å². The molecule has 4 nitrogen and oxygen atoms in total. The van der Waals surface area contributed by atoms with Crippen molar-refractivity contribution < 1.29 is 0 Å². The Bertz CT molecular complexity index is 441. The minimum atomic E-state index is 0.419. The minimum Gasteiger partial charge on any atom is -0.313 e. The summed E-state index contributed by atoms with van der Waals surface area (Å²) in [5.41, 5.74) is 0.419. The summed E-state index contributed by atoms with van der Waals surface area (Å²) in [6.45, 7) is 6.65. The largest absolute Gasteiger partial charge is 0.313 e. The molecular weight excluding hydrogens is 260 g/mol. The SMILES string of the molecule is CC(C)Cn1ncnc1CC1(CNC2CC2)CCCCC1. The van der Waals surface area contributed by atoms with Crippen LogP contribution in [0, 0.1) is 11.3 Å². The molecule has 2 aliphatic rings. The lowest BCUT2D eigenvalue weighted by Crippen LogP contribution is -2.39. The van der Waals surface area contributed by atoms with E-state index in [9.17, 15) is 0 Å². The van der Waals surface area contributed by atoms with E-state index in [-0.39, 0.29) is 0 Å². The monoisotopic (exact) mass is 290 g/mol. The van der Waals surface area contributed by atoms with Crippen molar-refractivity contribution in [3.05, 3.63) is 12.2 Å².